The summed E-state index contributed by atoms with van der Waals surface area (Å²) < 4.78 is 16.4. The molecule has 0 bridgehead atoms. The van der Waals surface area contributed by atoms with Gasteiger partial charge in [0.15, 0.2) is 17.3 Å². The van der Waals surface area contributed by atoms with E-state index in [2.05, 4.69) is 0 Å². The minimum Gasteiger partial charge on any atom is -0.504 e. The third kappa shape index (κ3) is 4.36. The molecule has 4 rings (SSSR count). The molecule has 0 spiro atoms. The van der Waals surface area contributed by atoms with Crippen LogP contribution < -0.4 is 14.9 Å². The first-order chi connectivity index (χ1) is 15.5. The standard InChI is InChI=1S/C25H17ClO6/c1-30-21-14-15(6-12-19(21)27)7-13-22(28)32-25-23(29)18-4-2-3-5-20(18)31-24(25)16-8-10-17(26)11-9-16/h2-14,27H,1H3/b13-7+. The quantitative estimate of drug-likeness (QED) is 0.323. The van der Waals surface area contributed by atoms with Crippen LogP contribution in [0.2, 0.25) is 5.02 Å². The second-order valence-electron chi connectivity index (χ2n) is 6.78. The lowest BCUT2D eigenvalue weighted by Gasteiger charge is -2.10. The first kappa shape index (κ1) is 21.2. The van der Waals surface area contributed by atoms with Crippen molar-refractivity contribution in [3.63, 3.8) is 0 Å². The largest absolute Gasteiger partial charge is 0.504 e. The first-order valence-corrected chi connectivity index (χ1v) is 9.93. The van der Waals surface area contributed by atoms with E-state index in [1.165, 1.54) is 25.3 Å². The van der Waals surface area contributed by atoms with Gasteiger partial charge in [0.2, 0.25) is 11.2 Å². The Kier molecular flexibility index (Phi) is 5.96. The summed E-state index contributed by atoms with van der Waals surface area (Å²) in [6.45, 7) is 0. The highest BCUT2D eigenvalue weighted by atomic mass is 35.5. The Morgan fingerprint density at radius 2 is 1.81 bits per heavy atom. The van der Waals surface area contributed by atoms with Crippen LogP contribution in [0.4, 0.5) is 0 Å². The molecule has 1 N–H and O–H groups in total. The average molecular weight is 449 g/mol. The molecule has 0 fully saturated rings. The topological polar surface area (TPSA) is 86.0 Å². The monoisotopic (exact) mass is 448 g/mol. The molecule has 0 aliphatic heterocycles. The molecule has 0 aliphatic carbocycles. The van der Waals surface area contributed by atoms with Gasteiger partial charge in [-0.2, -0.15) is 0 Å². The number of methoxy groups -OCH3 is 1. The number of hydrogen-bond acceptors (Lipinski definition) is 6. The number of hydrogen-bond donors (Lipinski definition) is 1. The number of halogens is 1. The normalized spacial score (nSPS) is 11.1. The average Bonchev–Trinajstić information content (AvgIpc) is 2.81. The fourth-order valence-electron chi connectivity index (χ4n) is 3.11. The van der Waals surface area contributed by atoms with Crippen LogP contribution in [0.25, 0.3) is 28.4 Å². The molecule has 0 aliphatic rings. The van der Waals surface area contributed by atoms with Gasteiger partial charge in [-0.1, -0.05) is 29.8 Å². The number of phenolic OH excluding ortho intramolecular Hbond substituents is 1. The summed E-state index contributed by atoms with van der Waals surface area (Å²) in [7, 11) is 1.42. The Morgan fingerprint density at radius 3 is 2.56 bits per heavy atom. The molecule has 1 aromatic heterocycles. The van der Waals surface area contributed by atoms with Crippen LogP contribution in [0.1, 0.15) is 5.56 Å². The lowest BCUT2D eigenvalue weighted by Crippen LogP contribution is -2.14. The van der Waals surface area contributed by atoms with Gasteiger partial charge in [0.25, 0.3) is 0 Å². The van der Waals surface area contributed by atoms with E-state index in [0.29, 0.717) is 27.1 Å². The maximum absolute atomic E-state index is 13.1. The molecule has 1 heterocycles. The Labute approximate surface area is 187 Å². The van der Waals surface area contributed by atoms with E-state index >= 15 is 0 Å². The predicted octanol–water partition coefficient (Wildman–Crippen LogP) is 5.45. The van der Waals surface area contributed by atoms with Crippen molar-refractivity contribution in [3.8, 4) is 28.6 Å². The van der Waals surface area contributed by atoms with E-state index in [1.807, 2.05) is 0 Å². The number of para-hydroxylation sites is 1. The van der Waals surface area contributed by atoms with Crippen molar-refractivity contribution in [2.24, 2.45) is 0 Å². The second kappa shape index (κ2) is 8.99. The highest BCUT2D eigenvalue weighted by Gasteiger charge is 2.19. The number of fused-ring (bicyclic) bond motifs is 1. The third-order valence-corrected chi connectivity index (χ3v) is 4.93. The second-order valence-corrected chi connectivity index (χ2v) is 7.21. The molecule has 0 radical (unpaired) electrons. The van der Waals surface area contributed by atoms with Crippen molar-refractivity contribution in [3.05, 3.63) is 93.6 Å². The fraction of sp³-hybridized carbons (Fsp3) is 0.0400. The van der Waals surface area contributed by atoms with Gasteiger partial charge in [-0.3, -0.25) is 4.79 Å². The molecule has 7 heteroatoms. The van der Waals surface area contributed by atoms with Crippen LogP contribution in [0.3, 0.4) is 0 Å². The van der Waals surface area contributed by atoms with E-state index in [0.717, 1.165) is 0 Å². The summed E-state index contributed by atoms with van der Waals surface area (Å²) >= 11 is 5.97. The molecule has 6 nitrogen and oxygen atoms in total. The summed E-state index contributed by atoms with van der Waals surface area (Å²) in [6.07, 6.45) is 2.65. The van der Waals surface area contributed by atoms with E-state index in [-0.39, 0.29) is 23.0 Å². The number of rotatable bonds is 5. The number of esters is 1. The molecule has 0 unspecified atom stereocenters. The van der Waals surface area contributed by atoms with Crippen LogP contribution >= 0.6 is 11.6 Å². The van der Waals surface area contributed by atoms with E-state index < -0.39 is 11.4 Å². The number of carbonyl (C=O) groups excluding carboxylic acids is 1. The zero-order valence-corrected chi connectivity index (χ0v) is 17.6. The van der Waals surface area contributed by atoms with Gasteiger partial charge in [0, 0.05) is 16.7 Å². The van der Waals surface area contributed by atoms with Gasteiger partial charge in [0.1, 0.15) is 5.58 Å². The molecule has 4 aromatic rings. The van der Waals surface area contributed by atoms with E-state index in [9.17, 15) is 14.7 Å². The molecular weight excluding hydrogens is 432 g/mol. The third-order valence-electron chi connectivity index (χ3n) is 4.68. The zero-order valence-electron chi connectivity index (χ0n) is 16.9. The van der Waals surface area contributed by atoms with Crippen LogP contribution in [-0.4, -0.2) is 18.2 Å². The van der Waals surface area contributed by atoms with Crippen LogP contribution in [0, 0.1) is 0 Å². The fourth-order valence-corrected chi connectivity index (χ4v) is 3.23. The summed E-state index contributed by atoms with van der Waals surface area (Å²) in [6, 6.07) is 18.0. The first-order valence-electron chi connectivity index (χ1n) is 9.55. The van der Waals surface area contributed by atoms with Crippen molar-refractivity contribution in [2.45, 2.75) is 0 Å². The maximum Gasteiger partial charge on any atom is 0.336 e. The zero-order chi connectivity index (χ0) is 22.7. The molecule has 0 saturated heterocycles. The Balaban J connectivity index is 1.72. The molecule has 32 heavy (non-hydrogen) atoms. The summed E-state index contributed by atoms with van der Waals surface area (Å²) in [5.74, 6) is -0.619. The van der Waals surface area contributed by atoms with Crippen molar-refractivity contribution in [1.29, 1.82) is 0 Å². The number of aromatic hydroxyl groups is 1. The highest BCUT2D eigenvalue weighted by Crippen LogP contribution is 2.32. The van der Waals surface area contributed by atoms with E-state index in [1.54, 1.807) is 60.7 Å². The molecule has 3 aromatic carbocycles. The Hall–Kier alpha value is -4.03. The molecule has 160 valence electrons. The molecule has 0 atom stereocenters. The number of benzene rings is 3. The van der Waals surface area contributed by atoms with Crippen molar-refractivity contribution < 1.29 is 23.8 Å². The van der Waals surface area contributed by atoms with Crippen LogP contribution in [0.15, 0.2) is 82.0 Å². The smallest absolute Gasteiger partial charge is 0.336 e. The predicted molar refractivity (Wildman–Crippen MR) is 122 cm³/mol. The minimum atomic E-state index is -0.769. The molecule has 0 amide bonds. The number of carbonyl (C=O) groups is 1. The van der Waals surface area contributed by atoms with Gasteiger partial charge in [-0.15, -0.1) is 0 Å². The summed E-state index contributed by atoms with van der Waals surface area (Å²) in [5.41, 5.74) is 1.03. The van der Waals surface area contributed by atoms with Gasteiger partial charge in [0.05, 0.1) is 12.5 Å². The SMILES string of the molecule is COc1cc(/C=C/C(=O)Oc2c(-c3ccc(Cl)cc3)oc3ccccc3c2=O)ccc1O. The highest BCUT2D eigenvalue weighted by molar-refractivity contribution is 6.30. The Bertz CT molecular complexity index is 1390. The minimum absolute atomic E-state index is 0.0198. The van der Waals surface area contributed by atoms with Crippen LogP contribution in [-0.2, 0) is 4.79 Å². The van der Waals surface area contributed by atoms with Crippen LogP contribution in [0.5, 0.6) is 17.2 Å². The van der Waals surface area contributed by atoms with Crippen molar-refractivity contribution in [1.82, 2.24) is 0 Å². The van der Waals surface area contributed by atoms with Gasteiger partial charge < -0.3 is 19.0 Å². The Morgan fingerprint density at radius 1 is 1.06 bits per heavy atom. The molecular formula is C25H17ClO6. The summed E-state index contributed by atoms with van der Waals surface area (Å²) in [4.78, 5) is 25.6. The van der Waals surface area contributed by atoms with Gasteiger partial charge in [-0.05, 0) is 60.2 Å². The van der Waals surface area contributed by atoms with E-state index in [4.69, 9.17) is 25.5 Å². The number of ether oxygens (including phenoxy) is 2. The lowest BCUT2D eigenvalue weighted by atomic mass is 10.1. The maximum atomic E-state index is 13.1. The summed E-state index contributed by atoms with van der Waals surface area (Å²) in [5, 5.41) is 10.5. The van der Waals surface area contributed by atoms with Gasteiger partial charge in [-0.25, -0.2) is 4.79 Å². The molecule has 0 saturated carbocycles. The number of phenols is 1. The van der Waals surface area contributed by atoms with Crippen molar-refractivity contribution >= 4 is 34.6 Å². The van der Waals surface area contributed by atoms with Crippen molar-refractivity contribution in [2.75, 3.05) is 7.11 Å². The lowest BCUT2D eigenvalue weighted by molar-refractivity contribution is -0.129. The van der Waals surface area contributed by atoms with Gasteiger partial charge >= 0.3 is 5.97 Å².